The quantitative estimate of drug-likeness (QED) is 0.146. The number of ether oxygens (including phenoxy) is 1. The van der Waals surface area contributed by atoms with Gasteiger partial charge in [-0.1, -0.05) is 12.1 Å². The van der Waals surface area contributed by atoms with Gasteiger partial charge >= 0.3 is 18.1 Å². The number of thiophene rings is 1. The summed E-state index contributed by atoms with van der Waals surface area (Å²) < 4.78 is 66.8. The molecule has 0 aliphatic carbocycles. The summed E-state index contributed by atoms with van der Waals surface area (Å²) in [6, 6.07) is 9.30. The highest BCUT2D eigenvalue weighted by Crippen LogP contribution is 2.34. The fraction of sp³-hybridized carbons (Fsp3) is 0.393. The number of nitrogens with zero attached hydrogens (tertiary/aromatic N) is 2. The number of aliphatic carboxylic acids is 2. The fourth-order valence-corrected chi connectivity index (χ4v) is 8.21. The van der Waals surface area contributed by atoms with Gasteiger partial charge in [0.05, 0.1) is 29.4 Å². The molecule has 3 aromatic heterocycles. The third-order valence-corrected chi connectivity index (χ3v) is 10.8. The molecule has 45 heavy (non-hydrogen) atoms. The second-order valence-electron chi connectivity index (χ2n) is 10.1. The van der Waals surface area contributed by atoms with Gasteiger partial charge in [0, 0.05) is 36.2 Å². The molecule has 0 amide bonds. The smallest absolute Gasteiger partial charge is 0.481 e. The van der Waals surface area contributed by atoms with E-state index in [1.165, 1.54) is 11.3 Å². The van der Waals surface area contributed by atoms with E-state index in [1.54, 1.807) is 22.8 Å². The fourth-order valence-electron chi connectivity index (χ4n) is 4.74. The van der Waals surface area contributed by atoms with Crippen molar-refractivity contribution in [1.29, 1.82) is 0 Å². The predicted molar refractivity (Wildman–Crippen MR) is 164 cm³/mol. The van der Waals surface area contributed by atoms with Crippen LogP contribution in [0.15, 0.2) is 46.1 Å². The summed E-state index contributed by atoms with van der Waals surface area (Å²) in [5.74, 6) is -3.81. The van der Waals surface area contributed by atoms with E-state index in [2.05, 4.69) is 19.6 Å². The van der Waals surface area contributed by atoms with Crippen molar-refractivity contribution < 1.29 is 46.1 Å². The molecule has 1 saturated heterocycles. The molecule has 0 spiro atoms. The number of carboxylic acids is 2. The van der Waals surface area contributed by atoms with Gasteiger partial charge < -0.3 is 19.9 Å². The largest absolute Gasteiger partial charge is 0.490 e. The summed E-state index contributed by atoms with van der Waals surface area (Å²) in [5, 5.41) is 19.9. The molecule has 0 bridgehead atoms. The van der Waals surface area contributed by atoms with E-state index in [0.717, 1.165) is 45.9 Å². The van der Waals surface area contributed by atoms with Gasteiger partial charge in [-0.3, -0.25) is 14.4 Å². The minimum Gasteiger partial charge on any atom is -0.481 e. The summed E-state index contributed by atoms with van der Waals surface area (Å²) >= 11 is 2.75. The Bertz CT molecular complexity index is 1730. The van der Waals surface area contributed by atoms with Crippen LogP contribution in [0.2, 0.25) is 0 Å². The van der Waals surface area contributed by atoms with Gasteiger partial charge in [0.1, 0.15) is 9.22 Å². The molecular weight excluding hydrogens is 658 g/mol. The Hall–Kier alpha value is -3.51. The first kappa shape index (κ1) is 34.4. The number of sulfonamides is 1. The van der Waals surface area contributed by atoms with Crippen LogP contribution in [0.1, 0.15) is 30.2 Å². The number of benzene rings is 1. The predicted octanol–water partition coefficient (Wildman–Crippen LogP) is 5.66. The Balaban J connectivity index is 0.000000591. The Morgan fingerprint density at radius 1 is 1.24 bits per heavy atom. The van der Waals surface area contributed by atoms with Crippen molar-refractivity contribution in [2.24, 2.45) is 5.92 Å². The summed E-state index contributed by atoms with van der Waals surface area (Å²) in [6.07, 6.45) is -1.11. The highest BCUT2D eigenvalue weighted by Gasteiger charge is 2.38. The molecule has 11 nitrogen and oxygen atoms in total. The first-order valence-electron chi connectivity index (χ1n) is 13.8. The van der Waals surface area contributed by atoms with Gasteiger partial charge in [-0.2, -0.15) is 13.2 Å². The molecule has 4 N–H and O–H groups in total. The maximum Gasteiger partial charge on any atom is 0.490 e. The number of hydrogen-bond donors (Lipinski definition) is 4. The SMILES string of the molecule is CCOCCc1ccsc1S(=O)(=O)Nc1cccc2cc(-c3ncc(CN4CCCC(C(=O)O)C4)s3)[nH]c12.O=C(O)C(F)(F)F. The van der Waals surface area contributed by atoms with Crippen molar-refractivity contribution in [2.45, 2.75) is 43.1 Å². The summed E-state index contributed by atoms with van der Waals surface area (Å²) in [5.41, 5.74) is 2.71. The number of fused-ring (bicyclic) bond motifs is 1. The van der Waals surface area contributed by atoms with E-state index < -0.39 is 28.1 Å². The molecule has 1 atom stereocenters. The second kappa shape index (κ2) is 14.7. The molecule has 17 heteroatoms. The molecule has 1 aromatic carbocycles. The number of carboxylic acid groups (broad SMARTS) is 2. The number of halogens is 3. The highest BCUT2D eigenvalue weighted by atomic mass is 32.2. The molecule has 1 fully saturated rings. The van der Waals surface area contributed by atoms with Gasteiger partial charge in [0.25, 0.3) is 10.0 Å². The van der Waals surface area contributed by atoms with Crippen LogP contribution in [0.25, 0.3) is 21.6 Å². The number of rotatable bonds is 11. The number of thiazole rings is 1. The van der Waals surface area contributed by atoms with E-state index in [-0.39, 0.29) is 5.92 Å². The van der Waals surface area contributed by atoms with Crippen LogP contribution >= 0.6 is 22.7 Å². The number of aromatic amines is 1. The average molecular weight is 689 g/mol. The molecule has 1 unspecified atom stereocenters. The van der Waals surface area contributed by atoms with Gasteiger partial charge in [-0.05, 0) is 61.9 Å². The number of carbonyl (C=O) groups is 2. The second-order valence-corrected chi connectivity index (χ2v) is 14.0. The lowest BCUT2D eigenvalue weighted by Gasteiger charge is -2.29. The molecule has 1 aliphatic rings. The normalized spacial score (nSPS) is 15.9. The van der Waals surface area contributed by atoms with E-state index >= 15 is 0 Å². The van der Waals surface area contributed by atoms with Gasteiger partial charge in [-0.15, -0.1) is 22.7 Å². The Morgan fingerprint density at radius 2 is 2.00 bits per heavy atom. The van der Waals surface area contributed by atoms with E-state index in [4.69, 9.17) is 14.6 Å². The Morgan fingerprint density at radius 3 is 2.69 bits per heavy atom. The molecular formula is C28H31F3N4O7S3. The van der Waals surface area contributed by atoms with Gasteiger partial charge in [-0.25, -0.2) is 18.2 Å². The van der Waals surface area contributed by atoms with E-state index in [9.17, 15) is 31.5 Å². The Labute approximate surface area is 264 Å². The minimum absolute atomic E-state index is 0.299. The van der Waals surface area contributed by atoms with Crippen LogP contribution in [0.3, 0.4) is 0 Å². The van der Waals surface area contributed by atoms with Crippen molar-refractivity contribution in [1.82, 2.24) is 14.9 Å². The number of nitrogens with one attached hydrogen (secondary N) is 2. The zero-order valence-electron chi connectivity index (χ0n) is 24.0. The number of aromatic nitrogens is 2. The van der Waals surface area contributed by atoms with Crippen molar-refractivity contribution in [3.8, 4) is 10.7 Å². The zero-order valence-corrected chi connectivity index (χ0v) is 26.4. The Kier molecular flexibility index (Phi) is 11.2. The van der Waals surface area contributed by atoms with E-state index in [1.807, 2.05) is 37.4 Å². The molecule has 1 aliphatic heterocycles. The van der Waals surface area contributed by atoms with Crippen LogP contribution in [0.4, 0.5) is 18.9 Å². The lowest BCUT2D eigenvalue weighted by atomic mass is 9.98. The molecule has 0 radical (unpaired) electrons. The summed E-state index contributed by atoms with van der Waals surface area (Å²) in [6.45, 7) is 5.07. The topological polar surface area (TPSA) is 162 Å². The highest BCUT2D eigenvalue weighted by molar-refractivity contribution is 7.94. The third-order valence-electron chi connectivity index (χ3n) is 6.83. The van der Waals surface area contributed by atoms with Crippen LogP contribution < -0.4 is 4.72 Å². The van der Waals surface area contributed by atoms with E-state index in [0.29, 0.717) is 48.1 Å². The maximum absolute atomic E-state index is 13.3. The number of anilines is 1. The number of para-hydroxylation sites is 1. The summed E-state index contributed by atoms with van der Waals surface area (Å²) in [7, 11) is -3.77. The van der Waals surface area contributed by atoms with Crippen LogP contribution in [-0.4, -0.2) is 77.9 Å². The lowest BCUT2D eigenvalue weighted by Crippen LogP contribution is -2.37. The van der Waals surface area contributed by atoms with Crippen LogP contribution in [0.5, 0.6) is 0 Å². The first-order valence-corrected chi connectivity index (χ1v) is 17.0. The zero-order chi connectivity index (χ0) is 32.8. The third kappa shape index (κ3) is 9.03. The number of hydrogen-bond acceptors (Lipinski definition) is 9. The summed E-state index contributed by atoms with van der Waals surface area (Å²) in [4.78, 5) is 31.5. The molecule has 4 aromatic rings. The number of likely N-dealkylation sites (tertiary alicyclic amines) is 1. The molecule has 0 saturated carbocycles. The number of alkyl halides is 3. The number of H-pyrrole nitrogens is 1. The number of piperidine rings is 1. The van der Waals surface area contributed by atoms with Gasteiger partial charge in [0.15, 0.2) is 0 Å². The molecule has 4 heterocycles. The maximum atomic E-state index is 13.3. The molecule has 5 rings (SSSR count). The van der Waals surface area contributed by atoms with Crippen molar-refractivity contribution in [3.05, 3.63) is 52.3 Å². The lowest BCUT2D eigenvalue weighted by molar-refractivity contribution is -0.192. The van der Waals surface area contributed by atoms with Crippen LogP contribution in [0, 0.1) is 5.92 Å². The van der Waals surface area contributed by atoms with Crippen molar-refractivity contribution in [3.63, 3.8) is 0 Å². The minimum atomic E-state index is -5.08. The van der Waals surface area contributed by atoms with Crippen molar-refractivity contribution >= 4 is 61.2 Å². The molecule has 244 valence electrons. The standard InChI is InChI=1S/C26H30N4O5S3.C2HF3O2/c1-2-35-11-8-17-9-12-36-26(17)38(33,34)29-21-7-3-5-18-13-22(28-23(18)21)24-27-14-20(37-24)16-30-10-4-6-19(15-30)25(31)32;3-2(4,5)1(6)7/h3,5,7,9,12-14,19,28-29H,2,4,6,8,10-11,15-16H2,1H3,(H,31,32);(H,6,7). The van der Waals surface area contributed by atoms with Crippen LogP contribution in [-0.2, 0) is 37.3 Å². The first-order chi connectivity index (χ1) is 21.3. The van der Waals surface area contributed by atoms with Gasteiger partial charge in [0.2, 0.25) is 0 Å². The average Bonchev–Trinajstić information content (AvgIpc) is 3.73. The monoisotopic (exact) mass is 688 g/mol. The van der Waals surface area contributed by atoms with Crippen molar-refractivity contribution in [2.75, 3.05) is 31.0 Å².